The van der Waals surface area contributed by atoms with Gasteiger partial charge in [-0.15, -0.1) is 0 Å². The summed E-state index contributed by atoms with van der Waals surface area (Å²) in [5.74, 6) is 0.824. The van der Waals surface area contributed by atoms with Crippen LogP contribution in [0.1, 0.15) is 35.7 Å². The summed E-state index contributed by atoms with van der Waals surface area (Å²) >= 11 is 6.44. The van der Waals surface area contributed by atoms with Gasteiger partial charge in [0.15, 0.2) is 0 Å². The summed E-state index contributed by atoms with van der Waals surface area (Å²) in [4.78, 5) is 23.2. The number of nitrogens with one attached hydrogen (secondary N) is 1. The van der Waals surface area contributed by atoms with E-state index in [-0.39, 0.29) is 17.9 Å². The van der Waals surface area contributed by atoms with Gasteiger partial charge in [0.05, 0.1) is 26.3 Å². The maximum Gasteiger partial charge on any atom is 0.237 e. The van der Waals surface area contributed by atoms with E-state index < -0.39 is 6.04 Å². The van der Waals surface area contributed by atoms with Gasteiger partial charge in [-0.25, -0.2) is 0 Å². The van der Waals surface area contributed by atoms with Gasteiger partial charge in [0, 0.05) is 46.2 Å². The number of ether oxygens (including phenoxy) is 1. The molecule has 2 aliphatic heterocycles. The normalized spacial score (nSPS) is 19.7. The van der Waals surface area contributed by atoms with Gasteiger partial charge in [-0.2, -0.15) is 0 Å². The van der Waals surface area contributed by atoms with Crippen molar-refractivity contribution < 1.29 is 14.6 Å². The van der Waals surface area contributed by atoms with Crippen LogP contribution in [-0.2, 0) is 16.8 Å². The lowest BCUT2D eigenvalue weighted by Crippen LogP contribution is -2.56. The van der Waals surface area contributed by atoms with E-state index in [0.29, 0.717) is 13.1 Å². The third-order valence-corrected chi connectivity index (χ3v) is 8.23. The summed E-state index contributed by atoms with van der Waals surface area (Å²) in [5.41, 5.74) is 4.15. The minimum absolute atomic E-state index is 0.0406. The van der Waals surface area contributed by atoms with Gasteiger partial charge in [-0.3, -0.25) is 9.69 Å². The fourth-order valence-corrected chi connectivity index (χ4v) is 6.24. The minimum Gasteiger partial charge on any atom is -0.497 e. The molecule has 0 radical (unpaired) electrons. The van der Waals surface area contributed by atoms with Gasteiger partial charge >= 0.3 is 0 Å². The molecule has 2 aromatic carbocycles. The van der Waals surface area contributed by atoms with Crippen molar-refractivity contribution in [3.63, 3.8) is 0 Å². The molecule has 36 heavy (non-hydrogen) atoms. The molecule has 0 bridgehead atoms. The van der Waals surface area contributed by atoms with Crippen LogP contribution in [0.4, 0.5) is 0 Å². The van der Waals surface area contributed by atoms with Crippen LogP contribution in [0.25, 0.3) is 10.9 Å². The molecule has 1 saturated heterocycles. The number of H-pyrrole nitrogens is 1. The lowest BCUT2D eigenvalue weighted by atomic mass is 9.68. The van der Waals surface area contributed by atoms with E-state index in [1.54, 1.807) is 7.11 Å². The molecule has 0 saturated carbocycles. The maximum absolute atomic E-state index is 13.4. The molecule has 1 fully saturated rings. The summed E-state index contributed by atoms with van der Waals surface area (Å²) in [7, 11) is 5.47. The van der Waals surface area contributed by atoms with E-state index in [2.05, 4.69) is 22.0 Å². The highest BCUT2D eigenvalue weighted by Gasteiger charge is 2.48. The topological polar surface area (TPSA) is 72.0 Å². The number of nitrogens with zero attached hydrogens (tertiary/aromatic N) is 3. The number of carbonyl (C=O) groups excluding carboxylic acids is 1. The number of rotatable bonds is 6. The number of aromatic nitrogens is 1. The molecule has 7 nitrogen and oxygen atoms in total. The van der Waals surface area contributed by atoms with Gasteiger partial charge in [0.2, 0.25) is 5.91 Å². The van der Waals surface area contributed by atoms with Crippen LogP contribution in [0.3, 0.4) is 0 Å². The molecule has 0 unspecified atom stereocenters. The number of aromatic amines is 1. The smallest absolute Gasteiger partial charge is 0.237 e. The van der Waals surface area contributed by atoms with E-state index >= 15 is 0 Å². The number of hydrogen-bond donors (Lipinski definition) is 2. The Balaban J connectivity index is 1.52. The van der Waals surface area contributed by atoms with Crippen LogP contribution in [0.15, 0.2) is 42.5 Å². The predicted molar refractivity (Wildman–Crippen MR) is 143 cm³/mol. The number of fused-ring (bicyclic) bond motifs is 4. The standard InChI is InChI=1S/C28H35ClN4O3/c1-31(2)16-25(35)33-18-28(10-12-32(13-11-28)15-19-6-4-5-7-22(19)29)26-21-9-8-20(36-3)14-23(21)30-27(26)24(33)17-34/h4-9,14,24,30,34H,10-13,15-18H2,1-3H3/t24-/m1/s1. The second kappa shape index (κ2) is 10.1. The fourth-order valence-electron chi connectivity index (χ4n) is 6.04. The Morgan fingerprint density at radius 2 is 1.97 bits per heavy atom. The number of amides is 1. The van der Waals surface area contributed by atoms with Crippen molar-refractivity contribution in [2.24, 2.45) is 0 Å². The Morgan fingerprint density at radius 1 is 1.22 bits per heavy atom. The van der Waals surface area contributed by atoms with Crippen molar-refractivity contribution in [3.8, 4) is 5.75 Å². The van der Waals surface area contributed by atoms with Crippen molar-refractivity contribution in [1.29, 1.82) is 0 Å². The Morgan fingerprint density at radius 3 is 2.64 bits per heavy atom. The molecule has 3 heterocycles. The molecule has 1 atom stereocenters. The zero-order valence-corrected chi connectivity index (χ0v) is 22.0. The third kappa shape index (κ3) is 4.50. The minimum atomic E-state index is -0.391. The third-order valence-electron chi connectivity index (χ3n) is 7.86. The number of aliphatic hydroxyl groups is 1. The second-order valence-electron chi connectivity index (χ2n) is 10.4. The number of carbonyl (C=O) groups is 1. The first-order chi connectivity index (χ1) is 17.3. The van der Waals surface area contributed by atoms with Gasteiger partial charge in [0.1, 0.15) is 5.75 Å². The number of halogens is 1. The van der Waals surface area contributed by atoms with Crippen molar-refractivity contribution >= 4 is 28.4 Å². The quantitative estimate of drug-likeness (QED) is 0.528. The van der Waals surface area contributed by atoms with E-state index in [1.165, 1.54) is 5.56 Å². The summed E-state index contributed by atoms with van der Waals surface area (Å²) in [6.07, 6.45) is 1.85. The number of hydrogen-bond acceptors (Lipinski definition) is 5. The summed E-state index contributed by atoms with van der Waals surface area (Å²) in [5, 5.41) is 12.4. The molecule has 1 amide bonds. The van der Waals surface area contributed by atoms with Crippen LogP contribution in [0.5, 0.6) is 5.75 Å². The number of likely N-dealkylation sites (N-methyl/N-ethyl adjacent to an activating group) is 1. The lowest BCUT2D eigenvalue weighted by molar-refractivity contribution is -0.138. The van der Waals surface area contributed by atoms with Crippen LogP contribution in [-0.4, -0.2) is 84.7 Å². The van der Waals surface area contributed by atoms with Crippen LogP contribution in [0, 0.1) is 0 Å². The second-order valence-corrected chi connectivity index (χ2v) is 10.8. The van der Waals surface area contributed by atoms with Gasteiger partial charge < -0.3 is 24.6 Å². The Kier molecular flexibility index (Phi) is 7.01. The molecule has 8 heteroatoms. The van der Waals surface area contributed by atoms with Crippen LogP contribution < -0.4 is 4.74 Å². The summed E-state index contributed by atoms with van der Waals surface area (Å²) < 4.78 is 5.47. The number of methoxy groups -OCH3 is 1. The highest BCUT2D eigenvalue weighted by atomic mass is 35.5. The number of aliphatic hydroxyl groups excluding tert-OH is 1. The average Bonchev–Trinajstić information content (AvgIpc) is 3.26. The molecule has 3 aromatic rings. The Labute approximate surface area is 217 Å². The number of piperidine rings is 1. The SMILES string of the molecule is COc1ccc2c3c([nH]c2c1)[C@@H](CO)N(C(=O)CN(C)C)CC31CCN(Cc2ccccc2Cl)CC1. The first-order valence-corrected chi connectivity index (χ1v) is 12.9. The average molecular weight is 511 g/mol. The Bertz CT molecular complexity index is 1250. The van der Waals surface area contributed by atoms with Crippen LogP contribution in [0.2, 0.25) is 5.02 Å². The summed E-state index contributed by atoms with van der Waals surface area (Å²) in [6, 6.07) is 13.8. The maximum atomic E-state index is 13.4. The van der Waals surface area contributed by atoms with Gasteiger partial charge in [0.25, 0.3) is 0 Å². The van der Waals surface area contributed by atoms with Gasteiger partial charge in [-0.1, -0.05) is 29.8 Å². The van der Waals surface area contributed by atoms with Crippen LogP contribution >= 0.6 is 11.6 Å². The van der Waals surface area contributed by atoms with Crippen molar-refractivity contribution in [2.75, 3.05) is 54.0 Å². The van der Waals surface area contributed by atoms with Crippen molar-refractivity contribution in [3.05, 3.63) is 64.3 Å². The predicted octanol–water partition coefficient (Wildman–Crippen LogP) is 3.80. The molecule has 5 rings (SSSR count). The zero-order valence-electron chi connectivity index (χ0n) is 21.3. The molecular weight excluding hydrogens is 476 g/mol. The lowest BCUT2D eigenvalue weighted by Gasteiger charge is -2.50. The molecule has 192 valence electrons. The summed E-state index contributed by atoms with van der Waals surface area (Å²) in [6.45, 7) is 3.44. The molecule has 1 spiro atoms. The molecule has 1 aromatic heterocycles. The Hall–Kier alpha value is -2.58. The van der Waals surface area contributed by atoms with E-state index in [0.717, 1.165) is 65.4 Å². The highest BCUT2D eigenvalue weighted by molar-refractivity contribution is 6.31. The van der Waals surface area contributed by atoms with Crippen molar-refractivity contribution in [1.82, 2.24) is 19.7 Å². The highest BCUT2D eigenvalue weighted by Crippen LogP contribution is 2.49. The molecule has 0 aliphatic carbocycles. The van der Waals surface area contributed by atoms with Gasteiger partial charge in [-0.05, 0) is 69.4 Å². The first kappa shape index (κ1) is 25.1. The molecule has 2 N–H and O–H groups in total. The first-order valence-electron chi connectivity index (χ1n) is 12.6. The van der Waals surface area contributed by atoms with Crippen molar-refractivity contribution in [2.45, 2.75) is 30.8 Å². The number of benzene rings is 2. The fraction of sp³-hybridized carbons (Fsp3) is 0.464. The zero-order chi connectivity index (χ0) is 25.4. The largest absolute Gasteiger partial charge is 0.497 e. The van der Waals surface area contributed by atoms with E-state index in [4.69, 9.17) is 16.3 Å². The monoisotopic (exact) mass is 510 g/mol. The van der Waals surface area contributed by atoms with E-state index in [9.17, 15) is 9.90 Å². The number of likely N-dealkylation sites (tertiary alicyclic amines) is 1. The molecular formula is C28H35ClN4O3. The molecule has 2 aliphatic rings. The van der Waals surface area contributed by atoms with E-state index in [1.807, 2.05) is 54.2 Å².